The molecule has 0 aliphatic carbocycles. The molecule has 0 aromatic carbocycles. The molecule has 0 radical (unpaired) electrons. The van der Waals surface area contributed by atoms with Crippen LogP contribution in [0.5, 0.6) is 0 Å². The third-order valence-corrected chi connectivity index (χ3v) is 2.71. The topological polar surface area (TPSA) is 77.9 Å². The number of pyridine rings is 1. The van der Waals surface area contributed by atoms with Gasteiger partial charge in [-0.2, -0.15) is 0 Å². The molecule has 6 nitrogen and oxygen atoms in total. The third kappa shape index (κ3) is 3.46. The smallest absolute Gasteiger partial charge is 0.329 e. The van der Waals surface area contributed by atoms with Crippen molar-refractivity contribution in [3.05, 3.63) is 22.4 Å². The van der Waals surface area contributed by atoms with Gasteiger partial charge in [-0.25, -0.2) is 4.98 Å². The van der Waals surface area contributed by atoms with Gasteiger partial charge in [0.25, 0.3) is 5.79 Å². The van der Waals surface area contributed by atoms with Crippen LogP contribution >= 0.6 is 23.2 Å². The van der Waals surface area contributed by atoms with E-state index in [4.69, 9.17) is 32.7 Å². The second kappa shape index (κ2) is 5.38. The molecule has 1 aliphatic heterocycles. The Bertz CT molecular complexity index is 561. The summed E-state index contributed by atoms with van der Waals surface area (Å²) in [7, 11) is 0. The van der Waals surface area contributed by atoms with Gasteiger partial charge < -0.3 is 9.47 Å². The van der Waals surface area contributed by atoms with Crippen molar-refractivity contribution in [1.82, 2.24) is 4.98 Å². The molecule has 0 atom stereocenters. The summed E-state index contributed by atoms with van der Waals surface area (Å²) in [4.78, 5) is 31.1. The summed E-state index contributed by atoms with van der Waals surface area (Å²) in [6.45, 7) is 2.94. The van der Waals surface area contributed by atoms with Gasteiger partial charge in [-0.15, -0.1) is 0 Å². The van der Waals surface area contributed by atoms with Gasteiger partial charge in [0.1, 0.15) is 10.3 Å². The van der Waals surface area contributed by atoms with Crippen molar-refractivity contribution >= 4 is 47.0 Å². The van der Waals surface area contributed by atoms with Crippen LogP contribution in [0.4, 0.5) is 5.69 Å². The predicted octanol–water partition coefficient (Wildman–Crippen LogP) is 2.54. The number of aromatic nitrogens is 1. The maximum Gasteiger partial charge on any atom is 0.329 e. The Labute approximate surface area is 124 Å². The molecule has 1 aromatic rings. The first-order valence-electron chi connectivity index (χ1n) is 5.60. The van der Waals surface area contributed by atoms with E-state index in [9.17, 15) is 9.59 Å². The van der Waals surface area contributed by atoms with E-state index in [1.165, 1.54) is 26.0 Å². The Morgan fingerprint density at radius 1 is 1.20 bits per heavy atom. The molecule has 0 unspecified atom stereocenters. The summed E-state index contributed by atoms with van der Waals surface area (Å²) in [5.74, 6) is -3.92. The van der Waals surface area contributed by atoms with Crippen LogP contribution in [0.15, 0.2) is 17.1 Å². The minimum absolute atomic E-state index is 0.152. The number of carbonyl (C=O) groups excluding carboxylic acids is 2. The minimum atomic E-state index is -1.26. The summed E-state index contributed by atoms with van der Waals surface area (Å²) in [6.07, 6.45) is 1.13. The molecule has 0 bridgehead atoms. The van der Waals surface area contributed by atoms with Gasteiger partial charge in [0.2, 0.25) is 0 Å². The van der Waals surface area contributed by atoms with Gasteiger partial charge in [0, 0.05) is 32.2 Å². The monoisotopic (exact) mass is 316 g/mol. The lowest BCUT2D eigenvalue weighted by atomic mass is 10.1. The maximum absolute atomic E-state index is 11.7. The molecule has 106 valence electrons. The largest absolute Gasteiger partial charge is 0.422 e. The van der Waals surface area contributed by atoms with Crippen LogP contribution in [0, 0.1) is 5.92 Å². The van der Waals surface area contributed by atoms with Crippen molar-refractivity contribution in [1.29, 1.82) is 0 Å². The molecular weight excluding hydrogens is 307 g/mol. The fourth-order valence-corrected chi connectivity index (χ4v) is 1.99. The number of nitrogens with zero attached hydrogens (tertiary/aromatic N) is 2. The van der Waals surface area contributed by atoms with E-state index in [0.717, 1.165) is 6.21 Å². The number of hydrogen-bond acceptors (Lipinski definition) is 6. The first-order valence-corrected chi connectivity index (χ1v) is 6.35. The molecule has 2 heterocycles. The molecule has 1 aromatic heterocycles. The van der Waals surface area contributed by atoms with Crippen LogP contribution in [0.3, 0.4) is 0 Å². The van der Waals surface area contributed by atoms with Gasteiger partial charge >= 0.3 is 11.9 Å². The fourth-order valence-electron chi connectivity index (χ4n) is 1.54. The summed E-state index contributed by atoms with van der Waals surface area (Å²) < 4.78 is 9.91. The normalized spacial score (nSPS) is 19.0. The Morgan fingerprint density at radius 2 is 1.70 bits per heavy atom. The first kappa shape index (κ1) is 14.7. The molecule has 8 heteroatoms. The molecule has 1 fully saturated rings. The average Bonchev–Trinajstić information content (AvgIpc) is 2.24. The average molecular weight is 317 g/mol. The number of ether oxygens (including phenoxy) is 2. The van der Waals surface area contributed by atoms with E-state index >= 15 is 0 Å². The summed E-state index contributed by atoms with van der Waals surface area (Å²) in [5.41, 5.74) is 0.362. The quantitative estimate of drug-likeness (QED) is 0.362. The van der Waals surface area contributed by atoms with Gasteiger partial charge in [-0.05, 0) is 0 Å². The SMILES string of the molecule is CC1(C)OC(=O)C(C=Nc2cc(Cl)nc(Cl)c2)C(=O)O1. The van der Waals surface area contributed by atoms with E-state index in [1.807, 2.05) is 0 Å². The number of aliphatic imine (C=N–C) groups is 1. The molecule has 2 rings (SSSR count). The second-order valence-corrected chi connectivity index (χ2v) is 5.24. The highest BCUT2D eigenvalue weighted by atomic mass is 35.5. The van der Waals surface area contributed by atoms with Gasteiger partial charge in [0.15, 0.2) is 5.92 Å². The molecule has 0 N–H and O–H groups in total. The Kier molecular flexibility index (Phi) is 3.96. The van der Waals surface area contributed by atoms with E-state index < -0.39 is 23.6 Å². The molecule has 0 saturated carbocycles. The molecule has 0 amide bonds. The predicted molar refractivity (Wildman–Crippen MR) is 72.2 cm³/mol. The zero-order chi connectivity index (χ0) is 14.9. The van der Waals surface area contributed by atoms with Crippen molar-refractivity contribution in [2.75, 3.05) is 0 Å². The van der Waals surface area contributed by atoms with Crippen molar-refractivity contribution in [3.63, 3.8) is 0 Å². The molecule has 1 aliphatic rings. The number of hydrogen-bond donors (Lipinski definition) is 0. The minimum Gasteiger partial charge on any atom is -0.422 e. The molecule has 0 spiro atoms. The maximum atomic E-state index is 11.7. The Hall–Kier alpha value is -1.66. The van der Waals surface area contributed by atoms with Gasteiger partial charge in [0.05, 0.1) is 5.69 Å². The lowest BCUT2D eigenvalue weighted by Gasteiger charge is -2.31. The van der Waals surface area contributed by atoms with Crippen molar-refractivity contribution in [2.24, 2.45) is 10.9 Å². The Morgan fingerprint density at radius 3 is 2.20 bits per heavy atom. The van der Waals surface area contributed by atoms with Crippen molar-refractivity contribution in [3.8, 4) is 0 Å². The molecule has 20 heavy (non-hydrogen) atoms. The van der Waals surface area contributed by atoms with E-state index in [0.29, 0.717) is 5.69 Å². The lowest BCUT2D eigenvalue weighted by Crippen LogP contribution is -2.46. The van der Waals surface area contributed by atoms with Crippen LogP contribution < -0.4 is 0 Å². The van der Waals surface area contributed by atoms with Crippen LogP contribution in [-0.2, 0) is 19.1 Å². The molecular formula is C12H10Cl2N2O4. The highest BCUT2D eigenvalue weighted by Gasteiger charge is 2.42. The summed E-state index contributed by atoms with van der Waals surface area (Å²) in [5, 5.41) is 0.305. The van der Waals surface area contributed by atoms with E-state index in [2.05, 4.69) is 9.98 Å². The summed E-state index contributed by atoms with van der Waals surface area (Å²) in [6, 6.07) is 2.88. The number of esters is 2. The second-order valence-electron chi connectivity index (χ2n) is 4.47. The van der Waals surface area contributed by atoms with Crippen molar-refractivity contribution < 1.29 is 19.1 Å². The van der Waals surface area contributed by atoms with Crippen molar-refractivity contribution in [2.45, 2.75) is 19.6 Å². The Balaban J connectivity index is 2.19. The number of cyclic esters (lactones) is 2. The van der Waals surface area contributed by atoms with E-state index in [1.54, 1.807) is 0 Å². The lowest BCUT2D eigenvalue weighted by molar-refractivity contribution is -0.235. The van der Waals surface area contributed by atoms with Crippen LogP contribution in [-0.4, -0.2) is 28.9 Å². The highest BCUT2D eigenvalue weighted by molar-refractivity contribution is 6.32. The van der Waals surface area contributed by atoms with Crippen LogP contribution in [0.1, 0.15) is 13.8 Å². The summed E-state index contributed by atoms with van der Waals surface area (Å²) >= 11 is 11.4. The fraction of sp³-hybridized carbons (Fsp3) is 0.333. The highest BCUT2D eigenvalue weighted by Crippen LogP contribution is 2.24. The zero-order valence-electron chi connectivity index (χ0n) is 10.6. The molecule has 1 saturated heterocycles. The van der Waals surface area contributed by atoms with E-state index in [-0.39, 0.29) is 10.3 Å². The van der Waals surface area contributed by atoms with Gasteiger partial charge in [-0.1, -0.05) is 23.2 Å². The number of rotatable bonds is 2. The zero-order valence-corrected chi connectivity index (χ0v) is 12.1. The number of carbonyl (C=O) groups is 2. The van der Waals surface area contributed by atoms with Crippen LogP contribution in [0.2, 0.25) is 10.3 Å². The first-order chi connectivity index (χ1) is 9.27. The van der Waals surface area contributed by atoms with Crippen LogP contribution in [0.25, 0.3) is 0 Å². The van der Waals surface area contributed by atoms with Gasteiger partial charge in [-0.3, -0.25) is 14.6 Å². The third-order valence-electron chi connectivity index (χ3n) is 2.32. The number of halogens is 2. The standard InChI is InChI=1S/C12H10Cl2N2O4/c1-12(2)19-10(17)7(11(18)20-12)5-15-6-3-8(13)16-9(14)4-6/h3-5,7H,1-2H3.